The molecule has 0 unspecified atom stereocenters. The van der Waals surface area contributed by atoms with Gasteiger partial charge in [-0.25, -0.2) is 0 Å². The Hall–Kier alpha value is -1.50. The number of nitrogens with zero attached hydrogens (tertiary/aromatic N) is 2. The molecule has 1 heterocycles. The summed E-state index contributed by atoms with van der Waals surface area (Å²) in [5, 5.41) is 3.30. The summed E-state index contributed by atoms with van der Waals surface area (Å²) in [6, 6.07) is 6.71. The summed E-state index contributed by atoms with van der Waals surface area (Å²) in [4.78, 5) is 6.57. The van der Waals surface area contributed by atoms with Gasteiger partial charge in [0.2, 0.25) is 0 Å². The minimum atomic E-state index is -2.81. The average molecular weight is 343 g/mol. The molecule has 1 fully saturated rings. The molecule has 1 aromatic carbocycles. The smallest absolute Gasteiger partial charge is 0.387 e. The number of hydrogen-bond donors (Lipinski definition) is 1. The SMILES string of the molecule is CN=C(NCc1cccc(OC(F)F)c1)N1CCSC(C)(C)C1. The van der Waals surface area contributed by atoms with Crippen LogP contribution in [0.25, 0.3) is 0 Å². The maximum absolute atomic E-state index is 12.3. The lowest BCUT2D eigenvalue weighted by molar-refractivity contribution is -0.0498. The Morgan fingerprint density at radius 2 is 2.26 bits per heavy atom. The number of rotatable bonds is 4. The molecule has 1 aliphatic rings. The number of alkyl halides is 2. The Bertz CT molecular complexity index is 552. The van der Waals surface area contributed by atoms with Crippen molar-refractivity contribution in [2.75, 3.05) is 25.9 Å². The minimum absolute atomic E-state index is 0.171. The van der Waals surface area contributed by atoms with Crippen LogP contribution >= 0.6 is 11.8 Å². The molecule has 0 bridgehead atoms. The highest BCUT2D eigenvalue weighted by Crippen LogP contribution is 2.29. The van der Waals surface area contributed by atoms with Crippen LogP contribution in [0.4, 0.5) is 8.78 Å². The molecule has 4 nitrogen and oxygen atoms in total. The lowest BCUT2D eigenvalue weighted by Gasteiger charge is -2.39. The Morgan fingerprint density at radius 1 is 1.48 bits per heavy atom. The van der Waals surface area contributed by atoms with E-state index in [2.05, 4.69) is 33.8 Å². The van der Waals surface area contributed by atoms with Gasteiger partial charge in [0.1, 0.15) is 5.75 Å². The van der Waals surface area contributed by atoms with Crippen molar-refractivity contribution < 1.29 is 13.5 Å². The summed E-state index contributed by atoms with van der Waals surface area (Å²) >= 11 is 1.96. The Labute approximate surface area is 140 Å². The van der Waals surface area contributed by atoms with Gasteiger partial charge in [-0.3, -0.25) is 4.99 Å². The number of aliphatic imine (C=N–C) groups is 1. The van der Waals surface area contributed by atoms with E-state index in [4.69, 9.17) is 0 Å². The van der Waals surface area contributed by atoms with Crippen LogP contribution in [0.5, 0.6) is 5.75 Å². The van der Waals surface area contributed by atoms with Crippen molar-refractivity contribution in [1.82, 2.24) is 10.2 Å². The van der Waals surface area contributed by atoms with E-state index in [1.54, 1.807) is 19.2 Å². The highest BCUT2D eigenvalue weighted by molar-refractivity contribution is 8.00. The molecule has 1 aliphatic heterocycles. The summed E-state index contributed by atoms with van der Waals surface area (Å²) in [5.74, 6) is 2.06. The topological polar surface area (TPSA) is 36.9 Å². The lowest BCUT2D eigenvalue weighted by atomic mass is 10.2. The second kappa shape index (κ2) is 7.86. The number of ether oxygens (including phenoxy) is 1. The van der Waals surface area contributed by atoms with E-state index in [0.29, 0.717) is 6.54 Å². The number of guanidine groups is 1. The lowest BCUT2D eigenvalue weighted by Crippen LogP contribution is -2.50. The molecule has 0 atom stereocenters. The van der Waals surface area contributed by atoms with Gasteiger partial charge in [-0.1, -0.05) is 12.1 Å². The van der Waals surface area contributed by atoms with E-state index in [-0.39, 0.29) is 10.5 Å². The average Bonchev–Trinajstić information content (AvgIpc) is 2.46. The first-order valence-corrected chi connectivity index (χ1v) is 8.51. The van der Waals surface area contributed by atoms with Gasteiger partial charge in [-0.15, -0.1) is 0 Å². The molecule has 0 aliphatic carbocycles. The van der Waals surface area contributed by atoms with Crippen molar-refractivity contribution in [2.45, 2.75) is 31.8 Å². The monoisotopic (exact) mass is 343 g/mol. The Balaban J connectivity index is 1.95. The van der Waals surface area contributed by atoms with Crippen molar-refractivity contribution in [3.05, 3.63) is 29.8 Å². The molecule has 23 heavy (non-hydrogen) atoms. The molecule has 0 amide bonds. The van der Waals surface area contributed by atoms with Gasteiger partial charge in [0.25, 0.3) is 0 Å². The second-order valence-corrected chi connectivity index (χ2v) is 7.76. The Kier molecular flexibility index (Phi) is 6.10. The molecule has 2 rings (SSSR count). The first-order valence-electron chi connectivity index (χ1n) is 7.53. The van der Waals surface area contributed by atoms with Gasteiger partial charge in [0, 0.05) is 37.2 Å². The summed E-state index contributed by atoms with van der Waals surface area (Å²) in [5.41, 5.74) is 0.870. The van der Waals surface area contributed by atoms with E-state index in [0.717, 1.165) is 30.4 Å². The van der Waals surface area contributed by atoms with Crippen LogP contribution in [0.15, 0.2) is 29.3 Å². The van der Waals surface area contributed by atoms with Gasteiger partial charge in [0.15, 0.2) is 5.96 Å². The van der Waals surface area contributed by atoms with E-state index >= 15 is 0 Å². The fourth-order valence-corrected chi connectivity index (χ4v) is 3.65. The van der Waals surface area contributed by atoms with Crippen LogP contribution < -0.4 is 10.1 Å². The third-order valence-corrected chi connectivity index (χ3v) is 4.81. The minimum Gasteiger partial charge on any atom is -0.435 e. The third-order valence-electron chi connectivity index (χ3n) is 3.51. The molecule has 1 aromatic rings. The van der Waals surface area contributed by atoms with Crippen LogP contribution in [0, 0.1) is 0 Å². The Morgan fingerprint density at radius 3 is 2.91 bits per heavy atom. The van der Waals surface area contributed by atoms with Crippen LogP contribution in [0.3, 0.4) is 0 Å². The van der Waals surface area contributed by atoms with Crippen molar-refractivity contribution in [2.24, 2.45) is 4.99 Å². The van der Waals surface area contributed by atoms with Crippen LogP contribution in [-0.2, 0) is 6.54 Å². The van der Waals surface area contributed by atoms with E-state index in [9.17, 15) is 8.78 Å². The summed E-state index contributed by atoms with van der Waals surface area (Å²) in [7, 11) is 1.76. The highest BCUT2D eigenvalue weighted by atomic mass is 32.2. The standard InChI is InChI=1S/C16H23F2N3OS/c1-16(2)11-21(7-8-23-16)15(19-3)20-10-12-5-4-6-13(9-12)22-14(17)18/h4-6,9,14H,7-8,10-11H2,1-3H3,(H,19,20). The van der Waals surface area contributed by atoms with Crippen molar-refractivity contribution in [3.8, 4) is 5.75 Å². The predicted octanol–water partition coefficient (Wildman–Crippen LogP) is 3.19. The number of benzene rings is 1. The molecule has 0 spiro atoms. The van der Waals surface area contributed by atoms with Gasteiger partial charge in [0.05, 0.1) is 0 Å². The van der Waals surface area contributed by atoms with Gasteiger partial charge in [-0.2, -0.15) is 20.5 Å². The molecular formula is C16H23F2N3OS. The third kappa shape index (κ3) is 5.57. The largest absolute Gasteiger partial charge is 0.435 e. The molecule has 0 aromatic heterocycles. The van der Waals surface area contributed by atoms with Gasteiger partial charge < -0.3 is 15.0 Å². The number of halogens is 2. The highest BCUT2D eigenvalue weighted by Gasteiger charge is 2.28. The second-order valence-electron chi connectivity index (χ2n) is 5.96. The maximum atomic E-state index is 12.3. The maximum Gasteiger partial charge on any atom is 0.387 e. The fraction of sp³-hybridized carbons (Fsp3) is 0.562. The zero-order valence-electron chi connectivity index (χ0n) is 13.7. The first kappa shape index (κ1) is 17.8. The number of nitrogens with one attached hydrogen (secondary N) is 1. The van der Waals surface area contributed by atoms with E-state index in [1.165, 1.54) is 6.07 Å². The van der Waals surface area contributed by atoms with Crippen LogP contribution in [0.1, 0.15) is 19.4 Å². The summed E-state index contributed by atoms with van der Waals surface area (Å²) in [6.07, 6.45) is 0. The van der Waals surface area contributed by atoms with E-state index in [1.807, 2.05) is 17.8 Å². The quantitative estimate of drug-likeness (QED) is 0.673. The van der Waals surface area contributed by atoms with E-state index < -0.39 is 6.61 Å². The van der Waals surface area contributed by atoms with Gasteiger partial charge in [-0.05, 0) is 31.5 Å². The molecule has 1 N–H and O–H groups in total. The van der Waals surface area contributed by atoms with Crippen molar-refractivity contribution in [1.29, 1.82) is 0 Å². The molecule has 7 heteroatoms. The first-order chi connectivity index (χ1) is 10.9. The van der Waals surface area contributed by atoms with Crippen molar-refractivity contribution in [3.63, 3.8) is 0 Å². The van der Waals surface area contributed by atoms with Crippen LogP contribution in [0.2, 0.25) is 0 Å². The summed E-state index contributed by atoms with van der Waals surface area (Å²) in [6.45, 7) is 4.02. The van der Waals surface area contributed by atoms with Crippen LogP contribution in [-0.4, -0.2) is 48.1 Å². The molecule has 0 radical (unpaired) electrons. The molecule has 0 saturated carbocycles. The zero-order valence-corrected chi connectivity index (χ0v) is 14.5. The molecule has 128 valence electrons. The predicted molar refractivity (Wildman–Crippen MR) is 91.4 cm³/mol. The molecule has 1 saturated heterocycles. The number of thioether (sulfide) groups is 1. The number of hydrogen-bond acceptors (Lipinski definition) is 3. The normalized spacial score (nSPS) is 18.2. The fourth-order valence-electron chi connectivity index (χ4n) is 2.54. The molecular weight excluding hydrogens is 320 g/mol. The summed E-state index contributed by atoms with van der Waals surface area (Å²) < 4.78 is 29.2. The van der Waals surface area contributed by atoms with Crippen molar-refractivity contribution >= 4 is 17.7 Å². The van der Waals surface area contributed by atoms with Gasteiger partial charge >= 0.3 is 6.61 Å². The zero-order chi connectivity index (χ0) is 16.9.